The van der Waals surface area contributed by atoms with Crippen LogP contribution in [0.2, 0.25) is 0 Å². The average Bonchev–Trinajstić information content (AvgIpc) is 2.97. The third-order valence-electron chi connectivity index (χ3n) is 5.64. The van der Waals surface area contributed by atoms with E-state index in [0.29, 0.717) is 12.5 Å². The van der Waals surface area contributed by atoms with Gasteiger partial charge >= 0.3 is 0 Å². The van der Waals surface area contributed by atoms with E-state index in [4.69, 9.17) is 5.73 Å². The molecule has 142 valence electrons. The molecule has 2 aromatic rings. The minimum absolute atomic E-state index is 0.255. The zero-order valence-electron chi connectivity index (χ0n) is 16.4. The number of nitrogens with two attached hydrogens (primary N) is 1. The topological polar surface area (TPSA) is 55.1 Å². The predicted molar refractivity (Wildman–Crippen MR) is 113 cm³/mol. The Morgan fingerprint density at radius 2 is 1.67 bits per heavy atom. The first kappa shape index (κ1) is 19.4. The summed E-state index contributed by atoms with van der Waals surface area (Å²) in [7, 11) is 0. The first-order valence-corrected chi connectivity index (χ1v) is 9.99. The van der Waals surface area contributed by atoms with Crippen molar-refractivity contribution in [2.45, 2.75) is 51.0 Å². The summed E-state index contributed by atoms with van der Waals surface area (Å²) in [5, 5.41) is 3.53. The third-order valence-corrected chi connectivity index (χ3v) is 5.64. The smallest absolute Gasteiger partial charge is 0.232 e. The summed E-state index contributed by atoms with van der Waals surface area (Å²) in [4.78, 5) is 12.8. The summed E-state index contributed by atoms with van der Waals surface area (Å²) >= 11 is 0. The van der Waals surface area contributed by atoms with Crippen LogP contribution in [0.15, 0.2) is 60.7 Å². The van der Waals surface area contributed by atoms with E-state index in [2.05, 4.69) is 55.6 Å². The lowest BCUT2D eigenvalue weighted by Gasteiger charge is -2.30. The molecule has 3 heteroatoms. The van der Waals surface area contributed by atoms with Gasteiger partial charge in [-0.3, -0.25) is 4.79 Å². The highest BCUT2D eigenvalue weighted by atomic mass is 16.1. The molecular weight excluding hydrogens is 332 g/mol. The number of carbonyl (C=O) groups is 1. The highest BCUT2D eigenvalue weighted by Gasteiger charge is 2.47. The lowest BCUT2D eigenvalue weighted by molar-refractivity contribution is -0.122. The van der Waals surface area contributed by atoms with Crippen LogP contribution in [0.5, 0.6) is 0 Å². The number of amides is 1. The van der Waals surface area contributed by atoms with E-state index in [-0.39, 0.29) is 5.91 Å². The van der Waals surface area contributed by atoms with Crippen LogP contribution in [0.25, 0.3) is 11.1 Å². The molecule has 0 saturated carbocycles. The van der Waals surface area contributed by atoms with Crippen LogP contribution in [0, 0.1) is 0 Å². The molecule has 0 saturated heterocycles. The molecule has 0 radical (unpaired) electrons. The predicted octanol–water partition coefficient (Wildman–Crippen LogP) is 4.55. The summed E-state index contributed by atoms with van der Waals surface area (Å²) in [6.45, 7) is 5.22. The van der Waals surface area contributed by atoms with Crippen molar-refractivity contribution in [1.29, 1.82) is 0 Å². The molecule has 1 atom stereocenters. The lowest BCUT2D eigenvalue weighted by Crippen LogP contribution is -2.42. The van der Waals surface area contributed by atoms with Gasteiger partial charge in [0, 0.05) is 12.6 Å². The first-order valence-electron chi connectivity index (χ1n) is 9.99. The number of unbranched alkanes of at least 4 members (excludes halogenated alkanes) is 1. The zero-order valence-corrected chi connectivity index (χ0v) is 16.4. The normalized spacial score (nSPS) is 15.5. The molecule has 0 bridgehead atoms. The van der Waals surface area contributed by atoms with E-state index in [1.165, 1.54) is 6.42 Å². The number of benzene rings is 2. The molecule has 0 heterocycles. The van der Waals surface area contributed by atoms with Crippen LogP contribution in [0.4, 0.5) is 0 Å². The molecule has 3 nitrogen and oxygen atoms in total. The van der Waals surface area contributed by atoms with Gasteiger partial charge in [-0.15, -0.1) is 0 Å². The molecule has 0 aromatic heterocycles. The van der Waals surface area contributed by atoms with Crippen LogP contribution in [-0.4, -0.2) is 18.5 Å². The van der Waals surface area contributed by atoms with Crippen molar-refractivity contribution in [3.05, 3.63) is 71.8 Å². The lowest BCUT2D eigenvalue weighted by atomic mass is 9.73. The summed E-state index contributed by atoms with van der Waals surface area (Å²) in [5.41, 5.74) is 9.67. The molecule has 3 rings (SSSR count). The van der Waals surface area contributed by atoms with Crippen LogP contribution in [0.3, 0.4) is 0 Å². The fourth-order valence-electron chi connectivity index (χ4n) is 4.16. The van der Waals surface area contributed by atoms with Gasteiger partial charge in [-0.25, -0.2) is 0 Å². The quantitative estimate of drug-likeness (QED) is 0.643. The molecule has 1 aliphatic rings. The van der Waals surface area contributed by atoms with Gasteiger partial charge in [0.1, 0.15) is 0 Å². The highest BCUT2D eigenvalue weighted by Crippen LogP contribution is 2.51. The molecule has 2 aromatic carbocycles. The standard InChI is InChI=1S/C24H30N2O/c1-3-4-5-10-17-26-18(2)15-16-24(23(25)27)21-13-8-6-11-19(21)20-12-7-9-14-22(20)24/h5-14,18,26H,3-4,15-17H2,1-2H3,(H2,25,27)/b10-5+. The van der Waals surface area contributed by atoms with Gasteiger partial charge in [0.15, 0.2) is 0 Å². The largest absolute Gasteiger partial charge is 0.369 e. The molecule has 0 spiro atoms. The number of fused-ring (bicyclic) bond motifs is 3. The monoisotopic (exact) mass is 362 g/mol. The van der Waals surface area contributed by atoms with Gasteiger partial charge < -0.3 is 11.1 Å². The molecule has 1 aliphatic carbocycles. The van der Waals surface area contributed by atoms with E-state index in [1.54, 1.807) is 0 Å². The molecular formula is C24H30N2O. The van der Waals surface area contributed by atoms with Crippen molar-refractivity contribution in [2.75, 3.05) is 6.54 Å². The SMILES string of the molecule is CCC/C=C/CNC(C)CCC1(C(N)=O)c2ccccc2-c2ccccc21. The number of nitrogens with one attached hydrogen (secondary N) is 1. The minimum Gasteiger partial charge on any atom is -0.369 e. The van der Waals surface area contributed by atoms with Gasteiger partial charge in [-0.1, -0.05) is 74.0 Å². The van der Waals surface area contributed by atoms with E-state index >= 15 is 0 Å². The molecule has 1 amide bonds. The summed E-state index contributed by atoms with van der Waals surface area (Å²) < 4.78 is 0. The van der Waals surface area contributed by atoms with Gasteiger partial charge in [0.2, 0.25) is 5.91 Å². The maximum atomic E-state index is 12.8. The Bertz CT molecular complexity index is 779. The summed E-state index contributed by atoms with van der Waals surface area (Å²) in [6, 6.07) is 16.7. The van der Waals surface area contributed by atoms with Crippen molar-refractivity contribution >= 4 is 5.91 Å². The van der Waals surface area contributed by atoms with Gasteiger partial charge in [-0.05, 0) is 48.4 Å². The Morgan fingerprint density at radius 3 is 2.22 bits per heavy atom. The van der Waals surface area contributed by atoms with E-state index in [9.17, 15) is 4.79 Å². The van der Waals surface area contributed by atoms with Crippen molar-refractivity contribution in [2.24, 2.45) is 5.73 Å². The van der Waals surface area contributed by atoms with Crippen molar-refractivity contribution in [1.82, 2.24) is 5.32 Å². The average molecular weight is 363 g/mol. The molecule has 27 heavy (non-hydrogen) atoms. The second kappa shape index (κ2) is 8.53. The Kier molecular flexibility index (Phi) is 6.12. The van der Waals surface area contributed by atoms with Crippen LogP contribution in [0.1, 0.15) is 50.7 Å². The van der Waals surface area contributed by atoms with E-state index < -0.39 is 5.41 Å². The number of rotatable bonds is 9. The fraction of sp³-hybridized carbons (Fsp3) is 0.375. The number of primary amides is 1. The summed E-state index contributed by atoms with van der Waals surface area (Å²) in [6.07, 6.45) is 8.29. The minimum atomic E-state index is -0.735. The molecule has 1 unspecified atom stereocenters. The van der Waals surface area contributed by atoms with Crippen molar-refractivity contribution < 1.29 is 4.79 Å². The van der Waals surface area contributed by atoms with Crippen LogP contribution in [-0.2, 0) is 10.2 Å². The Labute approximate surface area is 162 Å². The van der Waals surface area contributed by atoms with Crippen LogP contribution < -0.4 is 11.1 Å². The first-order chi connectivity index (χ1) is 13.1. The number of hydrogen-bond donors (Lipinski definition) is 2. The highest BCUT2D eigenvalue weighted by molar-refractivity contribution is 5.99. The Morgan fingerprint density at radius 1 is 1.07 bits per heavy atom. The maximum Gasteiger partial charge on any atom is 0.232 e. The maximum absolute atomic E-state index is 12.8. The van der Waals surface area contributed by atoms with E-state index in [1.807, 2.05) is 24.3 Å². The fourth-order valence-corrected chi connectivity index (χ4v) is 4.16. The van der Waals surface area contributed by atoms with E-state index in [0.717, 1.165) is 41.6 Å². The second-order valence-electron chi connectivity index (χ2n) is 7.47. The molecule has 0 fully saturated rings. The zero-order chi connectivity index (χ0) is 19.3. The Hall–Kier alpha value is -2.39. The summed E-state index contributed by atoms with van der Waals surface area (Å²) in [5.74, 6) is -0.255. The number of carbonyl (C=O) groups excluding carboxylic acids is 1. The Balaban J connectivity index is 1.82. The van der Waals surface area contributed by atoms with Gasteiger partial charge in [0.05, 0.1) is 5.41 Å². The molecule has 3 N–H and O–H groups in total. The number of hydrogen-bond acceptors (Lipinski definition) is 2. The van der Waals surface area contributed by atoms with Crippen LogP contribution >= 0.6 is 0 Å². The molecule has 0 aliphatic heterocycles. The van der Waals surface area contributed by atoms with Crippen molar-refractivity contribution in [3.8, 4) is 11.1 Å². The van der Waals surface area contributed by atoms with Gasteiger partial charge in [0.25, 0.3) is 0 Å². The third kappa shape index (κ3) is 3.70. The number of allylic oxidation sites excluding steroid dienone is 1. The van der Waals surface area contributed by atoms with Gasteiger partial charge in [-0.2, -0.15) is 0 Å². The second-order valence-corrected chi connectivity index (χ2v) is 7.47. The van der Waals surface area contributed by atoms with Crippen molar-refractivity contribution in [3.63, 3.8) is 0 Å².